The van der Waals surface area contributed by atoms with Crippen molar-refractivity contribution >= 4 is 23.2 Å². The highest BCUT2D eigenvalue weighted by molar-refractivity contribution is 5.95. The highest BCUT2D eigenvalue weighted by Crippen LogP contribution is 2.30. The summed E-state index contributed by atoms with van der Waals surface area (Å²) in [6, 6.07) is 22.4. The predicted molar refractivity (Wildman–Crippen MR) is 113 cm³/mol. The second kappa shape index (κ2) is 9.41. The number of hydrogen-bond acceptors (Lipinski definition) is 4. The van der Waals surface area contributed by atoms with Crippen LogP contribution in [-0.4, -0.2) is 25.5 Å². The zero-order valence-electron chi connectivity index (χ0n) is 16.3. The van der Waals surface area contributed by atoms with Crippen LogP contribution in [0.4, 0.5) is 11.4 Å². The van der Waals surface area contributed by atoms with Crippen molar-refractivity contribution < 1.29 is 19.1 Å². The van der Waals surface area contributed by atoms with Gasteiger partial charge in [-0.1, -0.05) is 48.5 Å². The smallest absolute Gasteiger partial charge is 0.262 e. The Hall–Kier alpha value is -3.80. The van der Waals surface area contributed by atoms with Crippen molar-refractivity contribution in [2.45, 2.75) is 6.92 Å². The molecule has 0 aliphatic carbocycles. The lowest BCUT2D eigenvalue weighted by Crippen LogP contribution is -2.21. The summed E-state index contributed by atoms with van der Waals surface area (Å²) >= 11 is 0. The minimum atomic E-state index is -0.342. The van der Waals surface area contributed by atoms with E-state index in [9.17, 15) is 9.59 Å². The Bertz CT molecular complexity index is 1000. The molecule has 0 spiro atoms. The third-order valence-corrected chi connectivity index (χ3v) is 4.12. The third-order valence-electron chi connectivity index (χ3n) is 4.12. The minimum absolute atomic E-state index is 0.169. The van der Waals surface area contributed by atoms with E-state index in [0.29, 0.717) is 22.9 Å². The second-order valence-corrected chi connectivity index (χ2v) is 6.30. The molecule has 0 bridgehead atoms. The van der Waals surface area contributed by atoms with Gasteiger partial charge in [0.15, 0.2) is 6.61 Å². The van der Waals surface area contributed by atoms with Gasteiger partial charge >= 0.3 is 0 Å². The lowest BCUT2D eigenvalue weighted by atomic mass is 10.1. The molecule has 0 heterocycles. The Morgan fingerprint density at radius 1 is 0.862 bits per heavy atom. The van der Waals surface area contributed by atoms with E-state index in [1.54, 1.807) is 18.2 Å². The molecular formula is C23H22N2O4. The largest absolute Gasteiger partial charge is 0.495 e. The van der Waals surface area contributed by atoms with Gasteiger partial charge in [-0.15, -0.1) is 0 Å². The predicted octanol–water partition coefficient (Wildman–Crippen LogP) is 4.34. The van der Waals surface area contributed by atoms with E-state index in [4.69, 9.17) is 9.47 Å². The van der Waals surface area contributed by atoms with Crippen molar-refractivity contribution in [3.8, 4) is 22.6 Å². The number of methoxy groups -OCH3 is 1. The Labute approximate surface area is 169 Å². The van der Waals surface area contributed by atoms with E-state index in [1.165, 1.54) is 14.0 Å². The lowest BCUT2D eigenvalue weighted by Gasteiger charge is -2.14. The Morgan fingerprint density at radius 2 is 1.59 bits per heavy atom. The minimum Gasteiger partial charge on any atom is -0.495 e. The van der Waals surface area contributed by atoms with Crippen LogP contribution in [0.25, 0.3) is 11.1 Å². The first kappa shape index (κ1) is 19.9. The quantitative estimate of drug-likeness (QED) is 0.629. The van der Waals surface area contributed by atoms with Crippen molar-refractivity contribution in [2.24, 2.45) is 0 Å². The first-order valence-corrected chi connectivity index (χ1v) is 9.09. The number of hydrogen-bond donors (Lipinski definition) is 2. The summed E-state index contributed by atoms with van der Waals surface area (Å²) < 4.78 is 11.0. The van der Waals surface area contributed by atoms with E-state index in [2.05, 4.69) is 10.6 Å². The van der Waals surface area contributed by atoms with Gasteiger partial charge < -0.3 is 20.1 Å². The zero-order valence-corrected chi connectivity index (χ0v) is 16.3. The van der Waals surface area contributed by atoms with Crippen molar-refractivity contribution in [3.63, 3.8) is 0 Å². The maximum Gasteiger partial charge on any atom is 0.262 e. The molecule has 0 atom stereocenters. The molecule has 3 rings (SSSR count). The molecule has 0 aliphatic rings. The highest BCUT2D eigenvalue weighted by Gasteiger charge is 2.12. The van der Waals surface area contributed by atoms with Crippen LogP contribution in [0.3, 0.4) is 0 Å². The monoisotopic (exact) mass is 390 g/mol. The zero-order chi connectivity index (χ0) is 20.6. The molecule has 0 saturated heterocycles. The highest BCUT2D eigenvalue weighted by atomic mass is 16.5. The first-order valence-electron chi connectivity index (χ1n) is 9.09. The summed E-state index contributed by atoms with van der Waals surface area (Å²) in [6.07, 6.45) is 0. The van der Waals surface area contributed by atoms with Crippen LogP contribution in [0.15, 0.2) is 72.8 Å². The van der Waals surface area contributed by atoms with Crippen molar-refractivity contribution in [1.82, 2.24) is 0 Å². The topological polar surface area (TPSA) is 76.7 Å². The molecule has 0 aliphatic heterocycles. The molecule has 0 aromatic heterocycles. The second-order valence-electron chi connectivity index (χ2n) is 6.30. The van der Waals surface area contributed by atoms with Crippen molar-refractivity contribution in [3.05, 3.63) is 72.8 Å². The van der Waals surface area contributed by atoms with Gasteiger partial charge in [0.2, 0.25) is 5.91 Å². The van der Waals surface area contributed by atoms with Gasteiger partial charge in [-0.3, -0.25) is 9.59 Å². The fourth-order valence-corrected chi connectivity index (χ4v) is 2.86. The summed E-state index contributed by atoms with van der Waals surface area (Å²) in [5.41, 5.74) is 2.92. The molecule has 6 nitrogen and oxygen atoms in total. The number of benzene rings is 3. The van der Waals surface area contributed by atoms with Gasteiger partial charge in [-0.05, 0) is 29.8 Å². The van der Waals surface area contributed by atoms with Crippen molar-refractivity contribution in [2.75, 3.05) is 24.4 Å². The van der Waals surface area contributed by atoms with Crippen LogP contribution >= 0.6 is 0 Å². The number of carbonyl (C=O) groups excluding carboxylic acids is 2. The fourth-order valence-electron chi connectivity index (χ4n) is 2.86. The molecule has 148 valence electrons. The molecule has 2 N–H and O–H groups in total. The molecule has 3 aromatic rings. The van der Waals surface area contributed by atoms with Gasteiger partial charge in [0.25, 0.3) is 5.91 Å². The van der Waals surface area contributed by atoms with E-state index < -0.39 is 0 Å². The van der Waals surface area contributed by atoms with E-state index in [0.717, 1.165) is 11.1 Å². The van der Waals surface area contributed by atoms with E-state index >= 15 is 0 Å². The molecule has 0 unspecified atom stereocenters. The maximum atomic E-state index is 12.5. The van der Waals surface area contributed by atoms with E-state index in [1.807, 2.05) is 54.6 Å². The number of para-hydroxylation sites is 1. The molecule has 6 heteroatoms. The van der Waals surface area contributed by atoms with Crippen LogP contribution in [0.1, 0.15) is 6.92 Å². The maximum absolute atomic E-state index is 12.5. The summed E-state index contributed by atoms with van der Waals surface area (Å²) in [5.74, 6) is 0.560. The lowest BCUT2D eigenvalue weighted by molar-refractivity contribution is -0.118. The van der Waals surface area contributed by atoms with Crippen LogP contribution in [0.2, 0.25) is 0 Å². The van der Waals surface area contributed by atoms with Crippen LogP contribution in [0, 0.1) is 0 Å². The van der Waals surface area contributed by atoms with Gasteiger partial charge in [0, 0.05) is 18.2 Å². The van der Waals surface area contributed by atoms with Gasteiger partial charge in [0.05, 0.1) is 12.8 Å². The average Bonchev–Trinajstić information content (AvgIpc) is 2.73. The first-order chi connectivity index (χ1) is 14.1. The molecule has 0 saturated carbocycles. The number of nitrogens with one attached hydrogen (secondary N) is 2. The summed E-state index contributed by atoms with van der Waals surface area (Å²) in [5, 5.41) is 5.44. The van der Waals surface area contributed by atoms with Crippen LogP contribution in [-0.2, 0) is 9.59 Å². The van der Waals surface area contributed by atoms with Gasteiger partial charge in [0.1, 0.15) is 11.5 Å². The van der Waals surface area contributed by atoms with E-state index in [-0.39, 0.29) is 18.4 Å². The molecule has 0 radical (unpaired) electrons. The SMILES string of the molecule is COc1ccc(NC(C)=O)cc1NC(=O)COc1ccccc1-c1ccccc1. The normalized spacial score (nSPS) is 10.1. The summed E-state index contributed by atoms with van der Waals surface area (Å²) in [6.45, 7) is 1.25. The molecule has 3 aromatic carbocycles. The summed E-state index contributed by atoms with van der Waals surface area (Å²) in [7, 11) is 1.51. The standard InChI is InChI=1S/C23H22N2O4/c1-16(26)24-18-12-13-22(28-2)20(14-18)25-23(27)15-29-21-11-7-6-10-19(21)17-8-4-3-5-9-17/h3-14H,15H2,1-2H3,(H,24,26)(H,25,27). The fraction of sp³-hybridized carbons (Fsp3) is 0.130. The molecule has 29 heavy (non-hydrogen) atoms. The number of rotatable bonds is 7. The third kappa shape index (κ3) is 5.35. The van der Waals surface area contributed by atoms with Gasteiger partial charge in [-0.25, -0.2) is 0 Å². The number of ether oxygens (including phenoxy) is 2. The average molecular weight is 390 g/mol. The van der Waals surface area contributed by atoms with Crippen LogP contribution < -0.4 is 20.1 Å². The Morgan fingerprint density at radius 3 is 2.31 bits per heavy atom. The number of anilines is 2. The molecular weight excluding hydrogens is 368 g/mol. The Kier molecular flexibility index (Phi) is 6.47. The number of amides is 2. The van der Waals surface area contributed by atoms with Crippen LogP contribution in [0.5, 0.6) is 11.5 Å². The molecule has 2 amide bonds. The van der Waals surface area contributed by atoms with Gasteiger partial charge in [-0.2, -0.15) is 0 Å². The molecule has 0 fully saturated rings. The summed E-state index contributed by atoms with van der Waals surface area (Å²) in [4.78, 5) is 23.7. The number of carbonyl (C=O) groups is 2. The Balaban J connectivity index is 1.71. The van der Waals surface area contributed by atoms with Crippen molar-refractivity contribution in [1.29, 1.82) is 0 Å².